The molecule has 0 unspecified atom stereocenters. The van der Waals surface area contributed by atoms with Gasteiger partial charge in [0.15, 0.2) is 0 Å². The van der Waals surface area contributed by atoms with E-state index in [1.165, 1.54) is 18.2 Å². The Labute approximate surface area is 156 Å². The highest BCUT2D eigenvalue weighted by Crippen LogP contribution is 2.26. The first-order valence-corrected chi connectivity index (χ1v) is 8.38. The number of ether oxygens (including phenoxy) is 1. The van der Waals surface area contributed by atoms with Gasteiger partial charge in [0.05, 0.1) is 30.1 Å². The third kappa shape index (κ3) is 3.96. The number of carbonyl (C=O) groups excluding carboxylic acids is 2. The average Bonchev–Trinajstić information content (AvgIpc) is 2.68. The summed E-state index contributed by atoms with van der Waals surface area (Å²) in [6.07, 6.45) is 0.433. The van der Waals surface area contributed by atoms with E-state index in [-0.39, 0.29) is 24.5 Å². The molecule has 7 heteroatoms. The smallest absolute Gasteiger partial charge is 0.271 e. The highest BCUT2D eigenvalue weighted by atomic mass is 16.5. The van der Waals surface area contributed by atoms with E-state index >= 15 is 0 Å². The minimum absolute atomic E-state index is 0.166. The van der Waals surface area contributed by atoms with E-state index in [9.17, 15) is 9.59 Å². The number of hydrogen-bond donors (Lipinski definition) is 1. The van der Waals surface area contributed by atoms with Gasteiger partial charge in [0.1, 0.15) is 11.5 Å². The van der Waals surface area contributed by atoms with Crippen LogP contribution in [0.15, 0.2) is 47.6 Å². The van der Waals surface area contributed by atoms with Crippen molar-refractivity contribution in [3.8, 4) is 11.8 Å². The van der Waals surface area contributed by atoms with Gasteiger partial charge in [0, 0.05) is 12.8 Å². The van der Waals surface area contributed by atoms with Crippen molar-refractivity contribution >= 4 is 28.9 Å². The van der Waals surface area contributed by atoms with Gasteiger partial charge in [-0.05, 0) is 42.8 Å². The standard InChI is InChI=1S/C20H18N4O3/c1-13-4-3-5-15(10-13)24-19(25)9-7-16(23-24)20(26)22-17-11-14(12-21)6-8-18(17)27-2/h3-6,8,10-11H,7,9H2,1-2H3,(H,22,26). The molecule has 0 radical (unpaired) electrons. The van der Waals surface area contributed by atoms with Gasteiger partial charge in [0.2, 0.25) is 5.91 Å². The van der Waals surface area contributed by atoms with Crippen LogP contribution in [0.3, 0.4) is 0 Å². The van der Waals surface area contributed by atoms with Crippen molar-refractivity contribution in [1.82, 2.24) is 0 Å². The zero-order valence-corrected chi connectivity index (χ0v) is 15.0. The number of nitrogens with zero attached hydrogens (tertiary/aromatic N) is 3. The summed E-state index contributed by atoms with van der Waals surface area (Å²) in [7, 11) is 1.48. The molecule has 2 aromatic carbocycles. The Hall–Kier alpha value is -3.66. The lowest BCUT2D eigenvalue weighted by atomic mass is 10.1. The molecule has 1 aliphatic heterocycles. The minimum Gasteiger partial charge on any atom is -0.495 e. The largest absolute Gasteiger partial charge is 0.495 e. The number of hydrogen-bond acceptors (Lipinski definition) is 5. The summed E-state index contributed by atoms with van der Waals surface area (Å²) in [5, 5.41) is 17.3. The summed E-state index contributed by atoms with van der Waals surface area (Å²) >= 11 is 0. The summed E-state index contributed by atoms with van der Waals surface area (Å²) in [5.41, 5.74) is 2.62. The van der Waals surface area contributed by atoms with Gasteiger partial charge in [-0.15, -0.1) is 0 Å². The fraction of sp³-hybridized carbons (Fsp3) is 0.200. The predicted octanol–water partition coefficient (Wildman–Crippen LogP) is 3.00. The molecular formula is C20H18N4O3. The van der Waals surface area contributed by atoms with Gasteiger partial charge >= 0.3 is 0 Å². The molecule has 1 heterocycles. The average molecular weight is 362 g/mol. The summed E-state index contributed by atoms with van der Waals surface area (Å²) in [5.74, 6) is -0.167. The van der Waals surface area contributed by atoms with E-state index in [0.29, 0.717) is 22.7 Å². The van der Waals surface area contributed by atoms with Crippen molar-refractivity contribution in [2.45, 2.75) is 19.8 Å². The van der Waals surface area contributed by atoms with Crippen molar-refractivity contribution in [2.75, 3.05) is 17.4 Å². The van der Waals surface area contributed by atoms with Crippen molar-refractivity contribution in [3.05, 3.63) is 53.6 Å². The molecule has 1 aliphatic rings. The zero-order valence-electron chi connectivity index (χ0n) is 15.0. The Morgan fingerprint density at radius 3 is 2.78 bits per heavy atom. The Kier molecular flexibility index (Phi) is 5.18. The van der Waals surface area contributed by atoms with Crippen LogP contribution in [0.5, 0.6) is 5.75 Å². The molecule has 0 atom stereocenters. The van der Waals surface area contributed by atoms with Gasteiger partial charge in [0.25, 0.3) is 5.91 Å². The van der Waals surface area contributed by atoms with Crippen LogP contribution < -0.4 is 15.1 Å². The number of anilines is 2. The van der Waals surface area contributed by atoms with Gasteiger partial charge < -0.3 is 10.1 Å². The number of nitrogens with one attached hydrogen (secondary N) is 1. The lowest BCUT2D eigenvalue weighted by Crippen LogP contribution is -2.36. The van der Waals surface area contributed by atoms with Gasteiger partial charge in [-0.2, -0.15) is 10.4 Å². The van der Waals surface area contributed by atoms with Crippen LogP contribution in [0.1, 0.15) is 24.0 Å². The van der Waals surface area contributed by atoms with Crippen LogP contribution in [0.4, 0.5) is 11.4 Å². The number of carbonyl (C=O) groups is 2. The Bertz CT molecular complexity index is 975. The first-order valence-electron chi connectivity index (χ1n) is 8.38. The number of benzene rings is 2. The van der Waals surface area contributed by atoms with E-state index in [1.807, 2.05) is 31.2 Å². The normalized spacial score (nSPS) is 13.6. The molecule has 136 valence electrons. The second kappa shape index (κ2) is 7.70. The number of rotatable bonds is 4. The summed E-state index contributed by atoms with van der Waals surface area (Å²) in [6, 6.07) is 14.1. The van der Waals surface area contributed by atoms with Crippen LogP contribution in [0.25, 0.3) is 0 Å². The molecule has 0 fully saturated rings. The summed E-state index contributed by atoms with van der Waals surface area (Å²) < 4.78 is 5.23. The highest BCUT2D eigenvalue weighted by molar-refractivity contribution is 6.44. The van der Waals surface area contributed by atoms with Gasteiger partial charge in [-0.3, -0.25) is 9.59 Å². The molecule has 3 rings (SSSR count). The van der Waals surface area contributed by atoms with Crippen molar-refractivity contribution in [2.24, 2.45) is 5.10 Å². The number of methoxy groups -OCH3 is 1. The van der Waals surface area contributed by atoms with Crippen LogP contribution in [0, 0.1) is 18.3 Å². The quantitative estimate of drug-likeness (QED) is 0.904. The number of nitriles is 1. The molecule has 7 nitrogen and oxygen atoms in total. The van der Waals surface area contributed by atoms with Crippen LogP contribution in [-0.2, 0) is 9.59 Å². The second-order valence-corrected chi connectivity index (χ2v) is 6.07. The molecule has 2 aromatic rings. The third-order valence-electron chi connectivity index (χ3n) is 4.12. The molecule has 0 spiro atoms. The van der Waals surface area contributed by atoms with Gasteiger partial charge in [-0.1, -0.05) is 12.1 Å². The van der Waals surface area contributed by atoms with Crippen LogP contribution in [0.2, 0.25) is 0 Å². The number of aryl methyl sites for hydroxylation is 1. The maximum Gasteiger partial charge on any atom is 0.271 e. The molecule has 27 heavy (non-hydrogen) atoms. The lowest BCUT2D eigenvalue weighted by Gasteiger charge is -2.23. The molecule has 0 aliphatic carbocycles. The third-order valence-corrected chi connectivity index (χ3v) is 4.12. The first-order chi connectivity index (χ1) is 13.0. The number of amides is 2. The predicted molar refractivity (Wildman–Crippen MR) is 102 cm³/mol. The molecule has 0 bridgehead atoms. The van der Waals surface area contributed by atoms with E-state index in [2.05, 4.69) is 10.4 Å². The minimum atomic E-state index is -0.437. The van der Waals surface area contributed by atoms with Crippen LogP contribution >= 0.6 is 0 Å². The molecule has 0 saturated carbocycles. The Morgan fingerprint density at radius 1 is 1.26 bits per heavy atom. The second-order valence-electron chi connectivity index (χ2n) is 6.07. The SMILES string of the molecule is COc1ccc(C#N)cc1NC(=O)C1=NN(c2cccc(C)c2)C(=O)CC1. The first kappa shape index (κ1) is 18.1. The lowest BCUT2D eigenvalue weighted by molar-refractivity contribution is -0.118. The Morgan fingerprint density at radius 2 is 2.07 bits per heavy atom. The highest BCUT2D eigenvalue weighted by Gasteiger charge is 2.26. The molecule has 2 amide bonds. The fourth-order valence-corrected chi connectivity index (χ4v) is 2.75. The molecular weight excluding hydrogens is 344 g/mol. The molecule has 1 N–H and O–H groups in total. The van der Waals surface area contributed by atoms with Crippen molar-refractivity contribution in [1.29, 1.82) is 5.26 Å². The maximum absolute atomic E-state index is 12.7. The van der Waals surface area contributed by atoms with E-state index in [0.717, 1.165) is 5.56 Å². The summed E-state index contributed by atoms with van der Waals surface area (Å²) in [4.78, 5) is 24.9. The number of hydrazone groups is 1. The topological polar surface area (TPSA) is 94.8 Å². The summed E-state index contributed by atoms with van der Waals surface area (Å²) in [6.45, 7) is 1.92. The van der Waals surface area contributed by atoms with Crippen molar-refractivity contribution in [3.63, 3.8) is 0 Å². The maximum atomic E-state index is 12.7. The molecule has 0 saturated heterocycles. The van der Waals surface area contributed by atoms with Crippen LogP contribution in [-0.4, -0.2) is 24.6 Å². The monoisotopic (exact) mass is 362 g/mol. The van der Waals surface area contributed by atoms with Gasteiger partial charge in [-0.25, -0.2) is 5.01 Å². The van der Waals surface area contributed by atoms with E-state index in [1.54, 1.807) is 18.2 Å². The zero-order chi connectivity index (χ0) is 19.4. The molecule has 0 aromatic heterocycles. The van der Waals surface area contributed by atoms with E-state index in [4.69, 9.17) is 10.00 Å². The fourth-order valence-electron chi connectivity index (χ4n) is 2.75. The Balaban J connectivity index is 1.87. The van der Waals surface area contributed by atoms with E-state index < -0.39 is 5.91 Å². The van der Waals surface area contributed by atoms with Crippen molar-refractivity contribution < 1.29 is 14.3 Å².